The van der Waals surface area contributed by atoms with E-state index in [-0.39, 0.29) is 36.7 Å². The molecule has 10 nitrogen and oxygen atoms in total. The van der Waals surface area contributed by atoms with Crippen LogP contribution >= 0.6 is 0 Å². The van der Waals surface area contributed by atoms with Crippen LogP contribution < -0.4 is 15.8 Å². The Hall–Kier alpha value is -2.53. The first-order valence-corrected chi connectivity index (χ1v) is 11.6. The van der Waals surface area contributed by atoms with Gasteiger partial charge in [0, 0.05) is 18.6 Å². The first-order chi connectivity index (χ1) is 15.7. The first kappa shape index (κ1) is 25.1. The van der Waals surface area contributed by atoms with Gasteiger partial charge in [-0.05, 0) is 46.7 Å². The number of anilines is 2. The van der Waals surface area contributed by atoms with Crippen molar-refractivity contribution < 1.29 is 19.2 Å². The molecule has 33 heavy (non-hydrogen) atoms. The number of hydrazine groups is 1. The summed E-state index contributed by atoms with van der Waals surface area (Å²) in [7, 11) is 4.02. The summed E-state index contributed by atoms with van der Waals surface area (Å²) in [6.45, 7) is 4.27. The van der Waals surface area contributed by atoms with Crippen LogP contribution in [0.3, 0.4) is 0 Å². The summed E-state index contributed by atoms with van der Waals surface area (Å²) in [6, 6.07) is 0.354. The fourth-order valence-corrected chi connectivity index (χ4v) is 5.13. The van der Waals surface area contributed by atoms with Crippen molar-refractivity contribution in [3.05, 3.63) is 11.6 Å². The van der Waals surface area contributed by atoms with Gasteiger partial charge in [0.15, 0.2) is 11.6 Å². The third kappa shape index (κ3) is 6.08. The van der Waals surface area contributed by atoms with Gasteiger partial charge in [0.1, 0.15) is 5.82 Å². The molecule has 1 saturated heterocycles. The number of amides is 2. The van der Waals surface area contributed by atoms with E-state index in [1.165, 1.54) is 0 Å². The van der Waals surface area contributed by atoms with Gasteiger partial charge < -0.3 is 9.80 Å². The van der Waals surface area contributed by atoms with Crippen LogP contribution in [0.4, 0.5) is 16.0 Å². The van der Waals surface area contributed by atoms with Crippen LogP contribution in [0.5, 0.6) is 0 Å². The summed E-state index contributed by atoms with van der Waals surface area (Å²) in [5.74, 6) is -0.831. The Balaban J connectivity index is 1.71. The van der Waals surface area contributed by atoms with E-state index < -0.39 is 17.6 Å². The molecule has 2 fully saturated rings. The Kier molecular flexibility index (Phi) is 8.41. The molecule has 11 heteroatoms. The average molecular weight is 466 g/mol. The average Bonchev–Trinajstić information content (AvgIpc) is 3.42. The van der Waals surface area contributed by atoms with Crippen LogP contribution in [-0.4, -0.2) is 76.7 Å². The zero-order valence-corrected chi connectivity index (χ0v) is 19.9. The van der Waals surface area contributed by atoms with Crippen molar-refractivity contribution in [3.8, 4) is 0 Å². The summed E-state index contributed by atoms with van der Waals surface area (Å²) < 4.78 is 15.4. The van der Waals surface area contributed by atoms with Gasteiger partial charge in [0.2, 0.25) is 18.1 Å². The minimum Gasteiger partial charge on any atom is -0.350 e. The number of carbonyl (C=O) groups excluding carboxylic acids is 2. The molecule has 0 radical (unpaired) electrons. The largest absolute Gasteiger partial charge is 0.350 e. The van der Waals surface area contributed by atoms with Crippen molar-refractivity contribution in [2.75, 3.05) is 37.5 Å². The van der Waals surface area contributed by atoms with Gasteiger partial charge in [-0.3, -0.25) is 25.6 Å². The van der Waals surface area contributed by atoms with E-state index in [2.05, 4.69) is 25.7 Å². The van der Waals surface area contributed by atoms with Crippen LogP contribution in [0.1, 0.15) is 51.3 Å². The smallest absolute Gasteiger partial charge is 0.243 e. The molecule has 1 aromatic rings. The van der Waals surface area contributed by atoms with E-state index in [1.54, 1.807) is 6.92 Å². The monoisotopic (exact) mass is 465 g/mol. The highest BCUT2D eigenvalue weighted by molar-refractivity contribution is 5.80. The van der Waals surface area contributed by atoms with Crippen LogP contribution in [0.2, 0.25) is 0 Å². The van der Waals surface area contributed by atoms with E-state index in [1.807, 2.05) is 25.9 Å². The Bertz CT molecular complexity index is 834. The number of nitrogens with zero attached hydrogens (tertiary/aromatic N) is 5. The lowest BCUT2D eigenvalue weighted by Crippen LogP contribution is -2.42. The zero-order valence-electron chi connectivity index (χ0n) is 19.9. The molecule has 2 amide bonds. The quantitative estimate of drug-likeness (QED) is 0.273. The maximum atomic E-state index is 15.4. The molecule has 184 valence electrons. The molecule has 0 bridgehead atoms. The number of nitrogens with one attached hydrogen (secondary N) is 2. The molecular formula is C22H36FN7O3. The number of halogens is 1. The van der Waals surface area contributed by atoms with Crippen molar-refractivity contribution in [2.24, 2.45) is 11.8 Å². The lowest BCUT2D eigenvalue weighted by molar-refractivity contribution is -0.154. The number of hydrogen-bond acceptors (Lipinski definition) is 8. The molecule has 3 rings (SSSR count). The number of aryl methyl sites for hydroxylation is 1. The predicted molar refractivity (Wildman–Crippen MR) is 122 cm³/mol. The van der Waals surface area contributed by atoms with Crippen LogP contribution in [0, 0.1) is 24.6 Å². The molecular weight excluding hydrogens is 429 g/mol. The second-order valence-electron chi connectivity index (χ2n) is 9.44. The highest BCUT2D eigenvalue weighted by Gasteiger charge is 2.35. The second-order valence-corrected chi connectivity index (χ2v) is 9.44. The van der Waals surface area contributed by atoms with Crippen LogP contribution in [0.15, 0.2) is 0 Å². The van der Waals surface area contributed by atoms with Gasteiger partial charge in [-0.2, -0.15) is 4.39 Å². The molecule has 1 aromatic heterocycles. The fourth-order valence-electron chi connectivity index (χ4n) is 5.13. The SMILES string of the molecule is Cc1nc(NNC(=O)C(CC2CCCC2)CN(O)C=O)c(F)c(N2CC[C@@H](N(C)C)[C@H]2C)n1. The maximum Gasteiger partial charge on any atom is 0.243 e. The van der Waals surface area contributed by atoms with E-state index in [0.29, 0.717) is 29.8 Å². The third-order valence-corrected chi connectivity index (χ3v) is 6.89. The van der Waals surface area contributed by atoms with Gasteiger partial charge in [-0.15, -0.1) is 0 Å². The maximum absolute atomic E-state index is 15.4. The van der Waals surface area contributed by atoms with Crippen LogP contribution in [-0.2, 0) is 9.59 Å². The lowest BCUT2D eigenvalue weighted by atomic mass is 9.92. The molecule has 0 spiro atoms. The number of aromatic nitrogens is 2. The Labute approximate surface area is 194 Å². The Morgan fingerprint density at radius 2 is 2.00 bits per heavy atom. The standard InChI is InChI=1S/C22H36FN7O3/c1-14-18(28(3)4)9-10-30(14)21-19(23)20(24-15(2)25-21)26-27-22(32)17(12-29(33)13-31)11-16-7-5-6-8-16/h13-14,16-18,33H,5-12H2,1-4H3,(H,27,32)(H,24,25,26)/t14-,17?,18-/m1/s1. The van der Waals surface area contributed by atoms with Gasteiger partial charge in [-0.1, -0.05) is 25.7 Å². The summed E-state index contributed by atoms with van der Waals surface area (Å²) in [4.78, 5) is 36.2. The Morgan fingerprint density at radius 1 is 1.30 bits per heavy atom. The summed E-state index contributed by atoms with van der Waals surface area (Å²) in [5, 5.41) is 10.1. The number of hydrogen-bond donors (Lipinski definition) is 3. The minimum atomic E-state index is -0.629. The van der Waals surface area contributed by atoms with Crippen LogP contribution in [0.25, 0.3) is 0 Å². The van der Waals surface area contributed by atoms with E-state index in [4.69, 9.17) is 0 Å². The van der Waals surface area contributed by atoms with Gasteiger partial charge in [0.25, 0.3) is 0 Å². The molecule has 1 unspecified atom stereocenters. The van der Waals surface area contributed by atoms with Crippen molar-refractivity contribution in [3.63, 3.8) is 0 Å². The lowest BCUT2D eigenvalue weighted by Gasteiger charge is -2.29. The molecule has 2 heterocycles. The number of hydroxylamine groups is 2. The predicted octanol–water partition coefficient (Wildman–Crippen LogP) is 1.94. The van der Waals surface area contributed by atoms with Gasteiger partial charge in [-0.25, -0.2) is 15.0 Å². The second kappa shape index (κ2) is 11.1. The van der Waals surface area contributed by atoms with Gasteiger partial charge in [0.05, 0.1) is 12.5 Å². The van der Waals surface area contributed by atoms with E-state index in [0.717, 1.165) is 32.1 Å². The topological polar surface area (TPSA) is 114 Å². The van der Waals surface area contributed by atoms with Gasteiger partial charge >= 0.3 is 0 Å². The normalized spacial score (nSPS) is 22.0. The number of likely N-dealkylation sites (N-methyl/N-ethyl adjacent to an activating group) is 1. The number of carbonyl (C=O) groups is 2. The summed E-state index contributed by atoms with van der Waals surface area (Å²) >= 11 is 0. The van der Waals surface area contributed by atoms with Crippen molar-refractivity contribution in [1.82, 2.24) is 25.4 Å². The Morgan fingerprint density at radius 3 is 2.61 bits per heavy atom. The van der Waals surface area contributed by atoms with Crippen molar-refractivity contribution in [2.45, 2.75) is 64.5 Å². The summed E-state index contributed by atoms with van der Waals surface area (Å²) in [5.41, 5.74) is 5.14. The minimum absolute atomic E-state index is 0.0703. The highest BCUT2D eigenvalue weighted by Crippen LogP contribution is 2.32. The van der Waals surface area contributed by atoms with Crippen molar-refractivity contribution >= 4 is 24.0 Å². The van der Waals surface area contributed by atoms with E-state index >= 15 is 4.39 Å². The molecule has 3 atom stereocenters. The molecule has 2 aliphatic rings. The molecule has 3 N–H and O–H groups in total. The molecule has 1 saturated carbocycles. The molecule has 1 aliphatic heterocycles. The third-order valence-electron chi connectivity index (χ3n) is 6.89. The summed E-state index contributed by atoms with van der Waals surface area (Å²) in [6.07, 6.45) is 6.00. The number of rotatable bonds is 10. The molecule has 0 aromatic carbocycles. The van der Waals surface area contributed by atoms with Crippen molar-refractivity contribution in [1.29, 1.82) is 0 Å². The zero-order chi connectivity index (χ0) is 24.1. The fraction of sp³-hybridized carbons (Fsp3) is 0.727. The van der Waals surface area contributed by atoms with E-state index in [9.17, 15) is 14.8 Å². The molecule has 1 aliphatic carbocycles. The highest BCUT2D eigenvalue weighted by atomic mass is 19.1. The first-order valence-electron chi connectivity index (χ1n) is 11.6.